The van der Waals surface area contributed by atoms with E-state index in [1.807, 2.05) is 13.8 Å². The number of amides is 1. The number of rotatable bonds is 5. The van der Waals surface area contributed by atoms with Crippen LogP contribution in [0.4, 0.5) is 18.9 Å². The van der Waals surface area contributed by atoms with E-state index in [1.54, 1.807) is 0 Å². The molecule has 6 heteroatoms. The predicted octanol–water partition coefficient (Wildman–Crippen LogP) is 3.54. The van der Waals surface area contributed by atoms with Gasteiger partial charge in [0.25, 0.3) is 0 Å². The lowest BCUT2D eigenvalue weighted by Gasteiger charge is -2.15. The average Bonchev–Trinajstić information content (AvgIpc) is 2.38. The van der Waals surface area contributed by atoms with Crippen molar-refractivity contribution in [2.45, 2.75) is 39.4 Å². The number of carbonyl (C=O) groups excluding carboxylic acids is 1. The van der Waals surface area contributed by atoms with Crippen LogP contribution in [0.2, 0.25) is 0 Å². The summed E-state index contributed by atoms with van der Waals surface area (Å²) in [6, 6.07) is 3.39. The summed E-state index contributed by atoms with van der Waals surface area (Å²) in [4.78, 5) is 11.9. The van der Waals surface area contributed by atoms with Gasteiger partial charge in [0.1, 0.15) is 0 Å². The molecule has 0 aliphatic rings. The minimum absolute atomic E-state index is 0.0161. The Bertz CT molecular complexity index is 468. The van der Waals surface area contributed by atoms with Crippen molar-refractivity contribution in [3.8, 4) is 0 Å². The molecule has 1 aromatic rings. The first-order valence-electron chi connectivity index (χ1n) is 6.53. The first-order chi connectivity index (χ1) is 9.31. The summed E-state index contributed by atoms with van der Waals surface area (Å²) in [7, 11) is 0. The molecule has 20 heavy (non-hydrogen) atoms. The Balaban J connectivity index is 3.03. The van der Waals surface area contributed by atoms with Crippen molar-refractivity contribution < 1.29 is 18.0 Å². The zero-order valence-electron chi connectivity index (χ0n) is 11.6. The molecule has 0 aliphatic carbocycles. The monoisotopic (exact) mass is 288 g/mol. The molecular formula is C14H19F3N2O. The van der Waals surface area contributed by atoms with Crippen molar-refractivity contribution in [3.63, 3.8) is 0 Å². The van der Waals surface area contributed by atoms with E-state index in [2.05, 4.69) is 5.32 Å². The second-order valence-corrected chi connectivity index (χ2v) is 4.62. The number of nitrogens with two attached hydrogens (primary N) is 1. The Labute approximate surface area is 116 Å². The van der Waals surface area contributed by atoms with Gasteiger partial charge in [-0.3, -0.25) is 4.79 Å². The minimum Gasteiger partial charge on any atom is -0.326 e. The van der Waals surface area contributed by atoms with Crippen molar-refractivity contribution in [2.75, 3.05) is 5.32 Å². The molecule has 0 spiro atoms. The SMILES string of the molecule is CCC(CC)C(=O)Nc1cc(CN)cc(C(F)(F)F)c1. The van der Waals surface area contributed by atoms with Crippen LogP contribution in [0.15, 0.2) is 18.2 Å². The zero-order chi connectivity index (χ0) is 15.3. The third-order valence-electron chi connectivity index (χ3n) is 3.18. The van der Waals surface area contributed by atoms with Gasteiger partial charge in [-0.05, 0) is 36.6 Å². The molecule has 0 aromatic heterocycles. The van der Waals surface area contributed by atoms with Crippen LogP contribution in [0.5, 0.6) is 0 Å². The van der Waals surface area contributed by atoms with Crippen molar-refractivity contribution in [1.82, 2.24) is 0 Å². The number of nitrogens with one attached hydrogen (secondary N) is 1. The van der Waals surface area contributed by atoms with E-state index >= 15 is 0 Å². The molecule has 1 amide bonds. The molecule has 1 rings (SSSR count). The van der Waals surface area contributed by atoms with Gasteiger partial charge in [-0.2, -0.15) is 13.2 Å². The molecule has 0 radical (unpaired) electrons. The highest BCUT2D eigenvalue weighted by atomic mass is 19.4. The summed E-state index contributed by atoms with van der Waals surface area (Å²) in [6.07, 6.45) is -3.17. The Morgan fingerprint density at radius 3 is 2.30 bits per heavy atom. The fraction of sp³-hybridized carbons (Fsp3) is 0.500. The molecule has 1 aromatic carbocycles. The molecule has 0 heterocycles. The van der Waals surface area contributed by atoms with Crippen LogP contribution in [-0.4, -0.2) is 5.91 Å². The molecule has 0 saturated heterocycles. The average molecular weight is 288 g/mol. The second kappa shape index (κ2) is 6.74. The van der Waals surface area contributed by atoms with Crippen LogP contribution in [0.3, 0.4) is 0 Å². The second-order valence-electron chi connectivity index (χ2n) is 4.62. The summed E-state index contributed by atoms with van der Waals surface area (Å²) in [5.41, 5.74) is 5.06. The number of halogens is 3. The van der Waals surface area contributed by atoms with E-state index in [4.69, 9.17) is 5.73 Å². The number of anilines is 1. The summed E-state index contributed by atoms with van der Waals surface area (Å²) >= 11 is 0. The van der Waals surface area contributed by atoms with Crippen LogP contribution < -0.4 is 11.1 Å². The van der Waals surface area contributed by atoms with Gasteiger partial charge < -0.3 is 11.1 Å². The molecule has 0 fully saturated rings. The van der Waals surface area contributed by atoms with E-state index in [-0.39, 0.29) is 24.1 Å². The molecule has 0 aliphatic heterocycles. The Hall–Kier alpha value is -1.56. The van der Waals surface area contributed by atoms with Gasteiger partial charge in [0.15, 0.2) is 0 Å². The molecule has 3 nitrogen and oxygen atoms in total. The topological polar surface area (TPSA) is 55.1 Å². The maximum Gasteiger partial charge on any atom is 0.416 e. The molecule has 112 valence electrons. The van der Waals surface area contributed by atoms with Gasteiger partial charge in [0.05, 0.1) is 5.56 Å². The largest absolute Gasteiger partial charge is 0.416 e. The molecule has 3 N–H and O–H groups in total. The van der Waals surface area contributed by atoms with Crippen LogP contribution in [0, 0.1) is 5.92 Å². The standard InChI is InChI=1S/C14H19F3N2O/c1-3-10(4-2)13(20)19-12-6-9(8-18)5-11(7-12)14(15,16)17/h5-7,10H,3-4,8,18H2,1-2H3,(H,19,20). The third kappa shape index (κ3) is 4.23. The molecule has 0 bridgehead atoms. The fourth-order valence-corrected chi connectivity index (χ4v) is 1.95. The Kier molecular flexibility index (Phi) is 5.56. The van der Waals surface area contributed by atoms with E-state index in [0.717, 1.165) is 12.1 Å². The highest BCUT2D eigenvalue weighted by Crippen LogP contribution is 2.32. The number of alkyl halides is 3. The van der Waals surface area contributed by atoms with Crippen molar-refractivity contribution >= 4 is 11.6 Å². The maximum absolute atomic E-state index is 12.8. The summed E-state index contributed by atoms with van der Waals surface area (Å²) < 4.78 is 38.3. The van der Waals surface area contributed by atoms with Gasteiger partial charge in [0.2, 0.25) is 5.91 Å². The Morgan fingerprint density at radius 1 is 1.25 bits per heavy atom. The molecule has 0 atom stereocenters. The lowest BCUT2D eigenvalue weighted by Crippen LogP contribution is -2.22. The van der Waals surface area contributed by atoms with E-state index < -0.39 is 11.7 Å². The zero-order valence-corrected chi connectivity index (χ0v) is 11.6. The highest BCUT2D eigenvalue weighted by molar-refractivity contribution is 5.92. The minimum atomic E-state index is -4.46. The number of benzene rings is 1. The third-order valence-corrected chi connectivity index (χ3v) is 3.18. The van der Waals surface area contributed by atoms with Gasteiger partial charge >= 0.3 is 6.18 Å². The first-order valence-corrected chi connectivity index (χ1v) is 6.53. The van der Waals surface area contributed by atoms with E-state index in [9.17, 15) is 18.0 Å². The first kappa shape index (κ1) is 16.5. The van der Waals surface area contributed by atoms with Crippen molar-refractivity contribution in [1.29, 1.82) is 0 Å². The summed E-state index contributed by atoms with van der Waals surface area (Å²) in [6.45, 7) is 3.72. The number of hydrogen-bond acceptors (Lipinski definition) is 2. The lowest BCUT2D eigenvalue weighted by atomic mass is 10.0. The highest BCUT2D eigenvalue weighted by Gasteiger charge is 2.31. The quantitative estimate of drug-likeness (QED) is 0.870. The number of carbonyl (C=O) groups is 1. The van der Waals surface area contributed by atoms with Crippen molar-refractivity contribution in [3.05, 3.63) is 29.3 Å². The maximum atomic E-state index is 12.8. The van der Waals surface area contributed by atoms with Gasteiger partial charge in [0, 0.05) is 18.2 Å². The van der Waals surface area contributed by atoms with Crippen LogP contribution in [0.25, 0.3) is 0 Å². The van der Waals surface area contributed by atoms with Crippen LogP contribution in [-0.2, 0) is 17.5 Å². The normalized spacial score (nSPS) is 11.8. The summed E-state index contributed by atoms with van der Waals surface area (Å²) in [5.74, 6) is -0.469. The predicted molar refractivity (Wildman–Crippen MR) is 72.0 cm³/mol. The van der Waals surface area contributed by atoms with E-state index in [1.165, 1.54) is 6.07 Å². The Morgan fingerprint density at radius 2 is 1.85 bits per heavy atom. The lowest BCUT2D eigenvalue weighted by molar-refractivity contribution is -0.137. The van der Waals surface area contributed by atoms with Gasteiger partial charge in [-0.1, -0.05) is 13.8 Å². The van der Waals surface area contributed by atoms with Crippen molar-refractivity contribution in [2.24, 2.45) is 11.7 Å². The molecule has 0 unspecified atom stereocenters. The smallest absolute Gasteiger partial charge is 0.326 e. The molecular weight excluding hydrogens is 269 g/mol. The molecule has 0 saturated carbocycles. The van der Waals surface area contributed by atoms with Crippen LogP contribution in [0.1, 0.15) is 37.8 Å². The van der Waals surface area contributed by atoms with Crippen LogP contribution >= 0.6 is 0 Å². The summed E-state index contributed by atoms with van der Waals surface area (Å²) in [5, 5.41) is 2.54. The van der Waals surface area contributed by atoms with Gasteiger partial charge in [-0.15, -0.1) is 0 Å². The van der Waals surface area contributed by atoms with E-state index in [0.29, 0.717) is 18.4 Å². The number of hydrogen-bond donors (Lipinski definition) is 2. The fourth-order valence-electron chi connectivity index (χ4n) is 1.95. The van der Waals surface area contributed by atoms with Gasteiger partial charge in [-0.25, -0.2) is 0 Å².